The number of H-pyrrole nitrogens is 1. The van der Waals surface area contributed by atoms with Crippen LogP contribution < -0.4 is 10.9 Å². The molecule has 4 nitrogen and oxygen atoms in total. The molecule has 0 aliphatic heterocycles. The molecule has 1 aromatic heterocycles. The zero-order chi connectivity index (χ0) is 14.5. The van der Waals surface area contributed by atoms with Crippen LogP contribution in [0.2, 0.25) is 5.02 Å². The van der Waals surface area contributed by atoms with E-state index in [0.717, 1.165) is 6.54 Å². The Hall–Kier alpha value is -1.72. The Morgan fingerprint density at radius 3 is 2.95 bits per heavy atom. The minimum Gasteiger partial charge on any atom is -0.311 e. The quantitative estimate of drug-likeness (QED) is 0.889. The second-order valence-electron chi connectivity index (χ2n) is 4.34. The molecule has 2 aromatic rings. The van der Waals surface area contributed by atoms with E-state index in [2.05, 4.69) is 15.3 Å². The van der Waals surface area contributed by atoms with Gasteiger partial charge in [-0.05, 0) is 18.7 Å². The van der Waals surface area contributed by atoms with Gasteiger partial charge in [0, 0.05) is 29.6 Å². The number of hydrogen-bond donors (Lipinski definition) is 2. The Morgan fingerprint density at radius 1 is 1.45 bits per heavy atom. The third kappa shape index (κ3) is 3.65. The second kappa shape index (κ2) is 6.63. The van der Waals surface area contributed by atoms with Crippen LogP contribution in [0.4, 0.5) is 4.39 Å². The SMILES string of the molecule is CCNCc1cc(=O)[nH]c(Cc2c(F)cccc2Cl)n1. The van der Waals surface area contributed by atoms with Crippen LogP contribution in [0.1, 0.15) is 24.0 Å². The maximum Gasteiger partial charge on any atom is 0.251 e. The van der Waals surface area contributed by atoms with Crippen molar-refractivity contribution in [1.82, 2.24) is 15.3 Å². The van der Waals surface area contributed by atoms with Gasteiger partial charge in [-0.15, -0.1) is 0 Å². The van der Waals surface area contributed by atoms with Crippen molar-refractivity contribution in [3.05, 3.63) is 62.5 Å². The fourth-order valence-electron chi connectivity index (χ4n) is 1.86. The van der Waals surface area contributed by atoms with Crippen molar-refractivity contribution in [2.24, 2.45) is 0 Å². The van der Waals surface area contributed by atoms with E-state index in [1.807, 2.05) is 6.92 Å². The fraction of sp³-hybridized carbons (Fsp3) is 0.286. The lowest BCUT2D eigenvalue weighted by Gasteiger charge is -2.07. The van der Waals surface area contributed by atoms with Crippen molar-refractivity contribution < 1.29 is 4.39 Å². The van der Waals surface area contributed by atoms with Gasteiger partial charge in [0.2, 0.25) is 0 Å². The van der Waals surface area contributed by atoms with E-state index in [-0.39, 0.29) is 12.0 Å². The summed E-state index contributed by atoms with van der Waals surface area (Å²) < 4.78 is 13.7. The van der Waals surface area contributed by atoms with E-state index in [4.69, 9.17) is 11.6 Å². The third-order valence-electron chi connectivity index (χ3n) is 2.81. The van der Waals surface area contributed by atoms with Crippen LogP contribution in [0.5, 0.6) is 0 Å². The molecule has 20 heavy (non-hydrogen) atoms. The highest BCUT2D eigenvalue weighted by atomic mass is 35.5. The summed E-state index contributed by atoms with van der Waals surface area (Å²) in [5.74, 6) is -0.00496. The number of benzene rings is 1. The zero-order valence-corrected chi connectivity index (χ0v) is 11.8. The summed E-state index contributed by atoms with van der Waals surface area (Å²) in [5.41, 5.74) is 0.700. The molecule has 106 valence electrons. The minimum absolute atomic E-state index is 0.153. The summed E-state index contributed by atoms with van der Waals surface area (Å²) in [7, 11) is 0. The first kappa shape index (κ1) is 14.7. The van der Waals surface area contributed by atoms with Gasteiger partial charge in [0.1, 0.15) is 11.6 Å². The maximum atomic E-state index is 13.7. The predicted octanol–water partition coefficient (Wildman–Crippen LogP) is 2.26. The van der Waals surface area contributed by atoms with Crippen molar-refractivity contribution >= 4 is 11.6 Å². The lowest BCUT2D eigenvalue weighted by Crippen LogP contribution is -2.19. The molecule has 0 spiro atoms. The molecular weight excluding hydrogens is 281 g/mol. The molecule has 0 aliphatic rings. The summed E-state index contributed by atoms with van der Waals surface area (Å²) in [6.45, 7) is 3.24. The van der Waals surface area contributed by atoms with Gasteiger partial charge in [0.05, 0.1) is 5.69 Å². The number of rotatable bonds is 5. The predicted molar refractivity (Wildman–Crippen MR) is 76.5 cm³/mol. The molecule has 6 heteroatoms. The normalized spacial score (nSPS) is 10.8. The van der Waals surface area contributed by atoms with Crippen LogP contribution in [0.25, 0.3) is 0 Å². The highest BCUT2D eigenvalue weighted by Gasteiger charge is 2.10. The summed E-state index contributed by atoms with van der Waals surface area (Å²) in [6, 6.07) is 5.91. The van der Waals surface area contributed by atoms with Gasteiger partial charge >= 0.3 is 0 Å². The summed E-state index contributed by atoms with van der Waals surface area (Å²) in [4.78, 5) is 18.5. The van der Waals surface area contributed by atoms with Gasteiger partial charge in [-0.25, -0.2) is 9.37 Å². The molecule has 1 heterocycles. The van der Waals surface area contributed by atoms with E-state index in [9.17, 15) is 9.18 Å². The number of nitrogens with one attached hydrogen (secondary N) is 2. The Bertz CT molecular complexity index is 637. The summed E-state index contributed by atoms with van der Waals surface area (Å²) in [5, 5.41) is 3.41. The largest absolute Gasteiger partial charge is 0.311 e. The van der Waals surface area contributed by atoms with Crippen LogP contribution in [-0.4, -0.2) is 16.5 Å². The van der Waals surface area contributed by atoms with E-state index >= 15 is 0 Å². The number of aromatic nitrogens is 2. The smallest absolute Gasteiger partial charge is 0.251 e. The molecule has 0 saturated heterocycles. The average molecular weight is 296 g/mol. The first-order chi connectivity index (χ1) is 9.60. The molecule has 0 aliphatic carbocycles. The van der Waals surface area contributed by atoms with Crippen LogP contribution in [0.3, 0.4) is 0 Å². The first-order valence-corrected chi connectivity index (χ1v) is 6.70. The third-order valence-corrected chi connectivity index (χ3v) is 3.16. The van der Waals surface area contributed by atoms with Gasteiger partial charge in [-0.2, -0.15) is 0 Å². The highest BCUT2D eigenvalue weighted by molar-refractivity contribution is 6.31. The molecule has 0 atom stereocenters. The molecule has 0 unspecified atom stereocenters. The lowest BCUT2D eigenvalue weighted by molar-refractivity contribution is 0.611. The number of halogens is 2. The molecule has 0 bridgehead atoms. The molecule has 0 amide bonds. The van der Waals surface area contributed by atoms with Gasteiger partial charge in [0.15, 0.2) is 0 Å². The van der Waals surface area contributed by atoms with Crippen LogP contribution >= 0.6 is 11.6 Å². The molecule has 0 saturated carbocycles. The molecule has 1 aromatic carbocycles. The molecule has 0 fully saturated rings. The summed E-state index contributed by atoms with van der Waals surface area (Å²) in [6.07, 6.45) is 0.153. The van der Waals surface area contributed by atoms with Gasteiger partial charge in [-0.1, -0.05) is 24.6 Å². The van der Waals surface area contributed by atoms with Crippen molar-refractivity contribution in [2.45, 2.75) is 19.9 Å². The van der Waals surface area contributed by atoms with Crippen molar-refractivity contribution in [3.63, 3.8) is 0 Å². The number of nitrogens with zero attached hydrogens (tertiary/aromatic N) is 1. The summed E-state index contributed by atoms with van der Waals surface area (Å²) >= 11 is 5.97. The lowest BCUT2D eigenvalue weighted by atomic mass is 10.1. The Kier molecular flexibility index (Phi) is 4.87. The highest BCUT2D eigenvalue weighted by Crippen LogP contribution is 2.20. The topological polar surface area (TPSA) is 57.8 Å². The van der Waals surface area contributed by atoms with E-state index in [0.29, 0.717) is 28.6 Å². The average Bonchev–Trinajstić information content (AvgIpc) is 2.40. The first-order valence-electron chi connectivity index (χ1n) is 6.33. The van der Waals surface area contributed by atoms with E-state index in [1.54, 1.807) is 12.1 Å². The van der Waals surface area contributed by atoms with Crippen molar-refractivity contribution in [2.75, 3.05) is 6.54 Å². The maximum absolute atomic E-state index is 13.7. The molecule has 0 radical (unpaired) electrons. The van der Waals surface area contributed by atoms with Crippen LogP contribution in [-0.2, 0) is 13.0 Å². The Morgan fingerprint density at radius 2 is 2.25 bits per heavy atom. The Balaban J connectivity index is 2.29. The van der Waals surface area contributed by atoms with Gasteiger partial charge in [0.25, 0.3) is 5.56 Å². The molecule has 2 N–H and O–H groups in total. The standard InChI is InChI=1S/C14H15ClFN3O/c1-2-17-8-9-6-14(20)19-13(18-9)7-10-11(15)4-3-5-12(10)16/h3-6,17H,2,7-8H2,1H3,(H,18,19,20). The second-order valence-corrected chi connectivity index (χ2v) is 4.75. The van der Waals surface area contributed by atoms with Crippen LogP contribution in [0.15, 0.2) is 29.1 Å². The zero-order valence-electron chi connectivity index (χ0n) is 11.0. The van der Waals surface area contributed by atoms with E-state index in [1.165, 1.54) is 12.1 Å². The monoisotopic (exact) mass is 295 g/mol. The van der Waals surface area contributed by atoms with Crippen molar-refractivity contribution in [1.29, 1.82) is 0 Å². The van der Waals surface area contributed by atoms with Crippen molar-refractivity contribution in [3.8, 4) is 0 Å². The molecule has 2 rings (SSSR count). The number of aromatic amines is 1. The van der Waals surface area contributed by atoms with E-state index < -0.39 is 5.82 Å². The minimum atomic E-state index is -0.405. The Labute approximate surface area is 121 Å². The number of hydrogen-bond acceptors (Lipinski definition) is 3. The van der Waals surface area contributed by atoms with Gasteiger partial charge < -0.3 is 10.3 Å². The fourth-order valence-corrected chi connectivity index (χ4v) is 2.09. The van der Waals surface area contributed by atoms with Gasteiger partial charge in [-0.3, -0.25) is 4.79 Å². The van der Waals surface area contributed by atoms with Crippen LogP contribution in [0, 0.1) is 5.82 Å². The molecular formula is C14H15ClFN3O.